The summed E-state index contributed by atoms with van der Waals surface area (Å²) < 4.78 is 0. The second kappa shape index (κ2) is 8.21. The van der Waals surface area contributed by atoms with E-state index in [0.29, 0.717) is 12.2 Å². The molecular formula is C20H26N4O. The van der Waals surface area contributed by atoms with Gasteiger partial charge in [-0.1, -0.05) is 38.1 Å². The van der Waals surface area contributed by atoms with Crippen LogP contribution in [0.15, 0.2) is 42.9 Å². The van der Waals surface area contributed by atoms with Gasteiger partial charge in [0.25, 0.3) is 5.91 Å². The maximum Gasteiger partial charge on any atom is 0.271 e. The van der Waals surface area contributed by atoms with E-state index in [9.17, 15) is 4.79 Å². The summed E-state index contributed by atoms with van der Waals surface area (Å²) in [5.74, 6) is 1.29. The third-order valence-corrected chi connectivity index (χ3v) is 4.69. The summed E-state index contributed by atoms with van der Waals surface area (Å²) in [6.07, 6.45) is 5.89. The van der Waals surface area contributed by atoms with Gasteiger partial charge in [-0.3, -0.25) is 14.7 Å². The number of carbonyl (C=O) groups is 1. The maximum atomic E-state index is 12.2. The van der Waals surface area contributed by atoms with E-state index in [0.717, 1.165) is 37.0 Å². The molecule has 1 fully saturated rings. The zero-order chi connectivity index (χ0) is 17.6. The largest absolute Gasteiger partial charge is 0.347 e. The Labute approximate surface area is 149 Å². The quantitative estimate of drug-likeness (QED) is 0.911. The zero-order valence-electron chi connectivity index (χ0n) is 15.0. The molecule has 0 saturated carbocycles. The van der Waals surface area contributed by atoms with Crippen LogP contribution < -0.4 is 5.32 Å². The normalized spacial score (nSPS) is 21.0. The summed E-state index contributed by atoms with van der Waals surface area (Å²) in [6, 6.07) is 8.34. The topological polar surface area (TPSA) is 58.1 Å². The van der Waals surface area contributed by atoms with Gasteiger partial charge in [-0.2, -0.15) is 0 Å². The monoisotopic (exact) mass is 338 g/mol. The number of piperidine rings is 1. The Balaban J connectivity index is 1.64. The Bertz CT molecular complexity index is 694. The van der Waals surface area contributed by atoms with Gasteiger partial charge in [0.1, 0.15) is 5.69 Å². The van der Waals surface area contributed by atoms with Crippen molar-refractivity contribution in [3.63, 3.8) is 0 Å². The number of nitrogens with zero attached hydrogens (tertiary/aromatic N) is 3. The van der Waals surface area contributed by atoms with E-state index in [1.165, 1.54) is 24.4 Å². The minimum atomic E-state index is -0.192. The van der Waals surface area contributed by atoms with Crippen LogP contribution in [-0.2, 0) is 13.1 Å². The highest BCUT2D eigenvalue weighted by Gasteiger charge is 2.22. The van der Waals surface area contributed by atoms with Gasteiger partial charge >= 0.3 is 0 Å². The fourth-order valence-electron chi connectivity index (χ4n) is 3.73. The summed E-state index contributed by atoms with van der Waals surface area (Å²) in [7, 11) is 0. The first-order valence-corrected chi connectivity index (χ1v) is 8.95. The van der Waals surface area contributed by atoms with Crippen molar-refractivity contribution in [2.45, 2.75) is 33.4 Å². The summed E-state index contributed by atoms with van der Waals surface area (Å²) in [6.45, 7) is 8.39. The fourth-order valence-corrected chi connectivity index (χ4v) is 3.73. The number of nitrogens with one attached hydrogen (secondary N) is 1. The highest BCUT2D eigenvalue weighted by atomic mass is 16.1. The van der Waals surface area contributed by atoms with Crippen LogP contribution in [-0.4, -0.2) is 33.9 Å². The van der Waals surface area contributed by atoms with Crippen molar-refractivity contribution in [1.29, 1.82) is 0 Å². The molecule has 132 valence electrons. The van der Waals surface area contributed by atoms with Crippen LogP contribution in [0, 0.1) is 11.8 Å². The molecule has 1 aliphatic heterocycles. The molecule has 2 atom stereocenters. The van der Waals surface area contributed by atoms with Crippen LogP contribution in [0.25, 0.3) is 0 Å². The molecule has 0 radical (unpaired) electrons. The molecule has 1 aliphatic rings. The molecule has 3 rings (SSSR count). The minimum absolute atomic E-state index is 0.192. The molecule has 2 heterocycles. The van der Waals surface area contributed by atoms with E-state index < -0.39 is 0 Å². The van der Waals surface area contributed by atoms with Gasteiger partial charge < -0.3 is 5.32 Å². The molecule has 0 spiro atoms. The van der Waals surface area contributed by atoms with Gasteiger partial charge in [0.15, 0.2) is 0 Å². The van der Waals surface area contributed by atoms with Crippen molar-refractivity contribution < 1.29 is 4.79 Å². The molecule has 1 aromatic carbocycles. The third kappa shape index (κ3) is 4.86. The van der Waals surface area contributed by atoms with Crippen molar-refractivity contribution in [3.8, 4) is 0 Å². The Morgan fingerprint density at radius 3 is 2.56 bits per heavy atom. The van der Waals surface area contributed by atoms with Crippen LogP contribution >= 0.6 is 0 Å². The first-order chi connectivity index (χ1) is 12.1. The lowest BCUT2D eigenvalue weighted by atomic mass is 9.91. The summed E-state index contributed by atoms with van der Waals surface area (Å²) in [5, 5.41) is 2.95. The molecule has 0 bridgehead atoms. The van der Waals surface area contributed by atoms with Gasteiger partial charge in [-0.15, -0.1) is 0 Å². The van der Waals surface area contributed by atoms with Gasteiger partial charge in [0.2, 0.25) is 0 Å². The molecule has 5 nitrogen and oxygen atoms in total. The summed E-state index contributed by atoms with van der Waals surface area (Å²) >= 11 is 0. The number of likely N-dealkylation sites (tertiary alicyclic amines) is 1. The zero-order valence-corrected chi connectivity index (χ0v) is 15.0. The molecule has 25 heavy (non-hydrogen) atoms. The van der Waals surface area contributed by atoms with Crippen LogP contribution in [0.4, 0.5) is 0 Å². The number of hydrogen-bond donors (Lipinski definition) is 1. The average molecular weight is 338 g/mol. The van der Waals surface area contributed by atoms with Crippen LogP contribution in [0.2, 0.25) is 0 Å². The first kappa shape index (κ1) is 17.5. The van der Waals surface area contributed by atoms with Gasteiger partial charge in [0, 0.05) is 38.6 Å². The van der Waals surface area contributed by atoms with E-state index in [-0.39, 0.29) is 5.91 Å². The molecule has 1 aromatic heterocycles. The average Bonchev–Trinajstić information content (AvgIpc) is 2.60. The fraction of sp³-hybridized carbons (Fsp3) is 0.450. The lowest BCUT2D eigenvalue weighted by Gasteiger charge is -2.35. The van der Waals surface area contributed by atoms with E-state index in [4.69, 9.17) is 0 Å². The van der Waals surface area contributed by atoms with Gasteiger partial charge in [-0.05, 0) is 29.4 Å². The lowest BCUT2D eigenvalue weighted by molar-refractivity contribution is 0.0945. The van der Waals surface area contributed by atoms with Crippen LogP contribution in [0.5, 0.6) is 0 Å². The Morgan fingerprint density at radius 1 is 1.16 bits per heavy atom. The SMILES string of the molecule is C[C@@H]1C[C@@H](C)CN(Cc2ccccc2CNC(=O)c2cnccn2)C1. The first-order valence-electron chi connectivity index (χ1n) is 8.95. The third-order valence-electron chi connectivity index (χ3n) is 4.69. The molecule has 1 N–H and O–H groups in total. The van der Waals surface area contributed by atoms with Crippen molar-refractivity contribution in [2.75, 3.05) is 13.1 Å². The second-order valence-electron chi connectivity index (χ2n) is 7.18. The highest BCUT2D eigenvalue weighted by Crippen LogP contribution is 2.23. The van der Waals surface area contributed by atoms with E-state index in [1.807, 2.05) is 6.07 Å². The number of hydrogen-bond acceptors (Lipinski definition) is 4. The summed E-state index contributed by atoms with van der Waals surface area (Å²) in [4.78, 5) is 22.7. The minimum Gasteiger partial charge on any atom is -0.347 e. The Morgan fingerprint density at radius 2 is 1.88 bits per heavy atom. The predicted octanol–water partition coefficient (Wildman–Crippen LogP) is 2.88. The van der Waals surface area contributed by atoms with E-state index in [2.05, 4.69) is 52.2 Å². The second-order valence-corrected chi connectivity index (χ2v) is 7.18. The summed E-state index contributed by atoms with van der Waals surface area (Å²) in [5.41, 5.74) is 2.78. The molecule has 1 saturated heterocycles. The number of aromatic nitrogens is 2. The highest BCUT2D eigenvalue weighted by molar-refractivity contribution is 5.91. The molecule has 0 unspecified atom stereocenters. The Hall–Kier alpha value is -2.27. The number of rotatable bonds is 5. The maximum absolute atomic E-state index is 12.2. The van der Waals surface area contributed by atoms with Crippen LogP contribution in [0.1, 0.15) is 41.9 Å². The number of carbonyl (C=O) groups excluding carboxylic acids is 1. The van der Waals surface area contributed by atoms with Gasteiger partial charge in [-0.25, -0.2) is 4.98 Å². The smallest absolute Gasteiger partial charge is 0.271 e. The standard InChI is InChI=1S/C20H26N4O/c1-15-9-16(2)13-24(12-15)14-18-6-4-3-5-17(18)10-23-20(25)19-11-21-7-8-22-19/h3-8,11,15-16H,9-10,12-14H2,1-2H3,(H,23,25)/t15-,16-/m1/s1. The van der Waals surface area contributed by atoms with Crippen LogP contribution in [0.3, 0.4) is 0 Å². The molecule has 2 aromatic rings. The molecule has 0 aliphatic carbocycles. The number of benzene rings is 1. The van der Waals surface area contributed by atoms with Gasteiger partial charge in [0.05, 0.1) is 6.20 Å². The van der Waals surface area contributed by atoms with E-state index >= 15 is 0 Å². The van der Waals surface area contributed by atoms with Crippen molar-refractivity contribution >= 4 is 5.91 Å². The Kier molecular flexibility index (Phi) is 5.76. The predicted molar refractivity (Wildman–Crippen MR) is 97.9 cm³/mol. The van der Waals surface area contributed by atoms with E-state index in [1.54, 1.807) is 6.20 Å². The molecule has 1 amide bonds. The van der Waals surface area contributed by atoms with Crippen molar-refractivity contribution in [1.82, 2.24) is 20.2 Å². The molecule has 5 heteroatoms. The van der Waals surface area contributed by atoms with Crippen molar-refractivity contribution in [2.24, 2.45) is 11.8 Å². The number of amides is 1. The van der Waals surface area contributed by atoms with Crippen molar-refractivity contribution in [3.05, 3.63) is 59.7 Å². The molecular weight excluding hydrogens is 312 g/mol. The lowest BCUT2D eigenvalue weighted by Crippen LogP contribution is -2.38.